The van der Waals surface area contributed by atoms with Gasteiger partial charge in [0.05, 0.1) is 6.61 Å². The molecular weight excluding hydrogens is 993 g/mol. The summed E-state index contributed by atoms with van der Waals surface area (Å²) in [4.78, 5) is 24.7. The summed E-state index contributed by atoms with van der Waals surface area (Å²) in [5, 5.41) is 9.70. The van der Waals surface area contributed by atoms with Crippen molar-refractivity contribution < 1.29 is 24.2 Å². The zero-order valence-electron chi connectivity index (χ0n) is 53.8. The third-order valence-corrected chi connectivity index (χ3v) is 15.6. The lowest BCUT2D eigenvalue weighted by atomic mass is 10.0. The number of rotatable bonds is 65. The van der Waals surface area contributed by atoms with Crippen LogP contribution in [0.4, 0.5) is 0 Å². The molecule has 5 heteroatoms. The molecule has 1 unspecified atom stereocenters. The molecule has 0 aliphatic carbocycles. The molecule has 0 amide bonds. The van der Waals surface area contributed by atoms with Gasteiger partial charge in [-0.05, 0) is 77.0 Å². The molecule has 5 nitrogen and oxygen atoms in total. The van der Waals surface area contributed by atoms with E-state index in [1.807, 2.05) is 0 Å². The number of aliphatic hydroxyl groups excluding tert-OH is 1. The predicted molar refractivity (Wildman–Crippen MR) is 357 cm³/mol. The summed E-state index contributed by atoms with van der Waals surface area (Å²) in [5.74, 6) is -0.583. The highest BCUT2D eigenvalue weighted by Gasteiger charge is 2.16. The van der Waals surface area contributed by atoms with Crippen molar-refractivity contribution in [3.63, 3.8) is 0 Å². The average molecular weight is 1130 g/mol. The van der Waals surface area contributed by atoms with Crippen molar-refractivity contribution in [3.8, 4) is 0 Å². The van der Waals surface area contributed by atoms with Gasteiger partial charge in [0.25, 0.3) is 0 Å². The Morgan fingerprint density at radius 3 is 0.802 bits per heavy atom. The molecule has 0 heterocycles. The molecule has 0 saturated heterocycles. The van der Waals surface area contributed by atoms with Crippen molar-refractivity contribution in [2.24, 2.45) is 0 Å². The van der Waals surface area contributed by atoms with Crippen LogP contribution in [0.2, 0.25) is 0 Å². The number of allylic oxidation sites excluding steroid dienone is 16. The van der Waals surface area contributed by atoms with Crippen molar-refractivity contribution >= 4 is 11.9 Å². The molecule has 0 radical (unpaired) electrons. The van der Waals surface area contributed by atoms with Crippen molar-refractivity contribution in [1.82, 2.24) is 0 Å². The van der Waals surface area contributed by atoms with Crippen LogP contribution in [0, 0.1) is 0 Å². The maximum atomic E-state index is 12.4. The SMILES string of the molecule is CC/C=C\C/C=C\C/C=C\C/C=C\C/C=C\C/C=C\C/C=C\C/C=C\CCCCCCCCCCCCC(=O)OC(CO)COC(=O)CCCCCCCCCCCCCCCCCCCCCCCCCCCCCCCCCC. The van der Waals surface area contributed by atoms with Crippen LogP contribution < -0.4 is 0 Å². The molecule has 1 N–H and O–H groups in total. The molecular formula is C76H134O5. The molecule has 0 aromatic carbocycles. The van der Waals surface area contributed by atoms with Crippen LogP contribution in [-0.4, -0.2) is 36.4 Å². The standard InChI is InChI=1S/C76H134O5/c1-3-5-7-9-11-13-15-17-19-21-23-25-27-29-31-33-35-37-38-39-41-43-45-47-49-51-53-55-57-59-61-63-65-67-69-71-76(79)81-74(72-77)73-80-75(78)70-68-66-64-62-60-58-56-54-52-50-48-46-44-42-40-36-34-32-30-28-26-24-22-20-18-16-14-12-10-8-6-4-2/h5,7,11,13,17,19,23,25,29,31,35,37,39,41,45,47,74,77H,3-4,6,8-10,12,14-16,18,20-22,24,26-28,30,32-34,36,38,40,42-44,46,48-73H2,1-2H3/b7-5-,13-11-,19-17-,25-23-,31-29-,37-35-,41-39-,47-45-. The van der Waals surface area contributed by atoms with Crippen LogP contribution in [0.5, 0.6) is 0 Å². The van der Waals surface area contributed by atoms with E-state index in [0.717, 1.165) is 89.9 Å². The number of hydrogen-bond acceptors (Lipinski definition) is 5. The Balaban J connectivity index is 3.47. The first kappa shape index (κ1) is 77.8. The van der Waals surface area contributed by atoms with E-state index in [1.165, 1.54) is 238 Å². The Labute approximate surface area is 504 Å². The highest BCUT2D eigenvalue weighted by atomic mass is 16.6. The quantitative estimate of drug-likeness (QED) is 0.0373. The van der Waals surface area contributed by atoms with Gasteiger partial charge in [0.2, 0.25) is 0 Å². The van der Waals surface area contributed by atoms with Crippen LogP contribution in [-0.2, 0) is 19.1 Å². The summed E-state index contributed by atoms with van der Waals surface area (Å²) in [6.45, 7) is 4.07. The second-order valence-electron chi connectivity index (χ2n) is 23.6. The first-order chi connectivity index (χ1) is 40.1. The number of esters is 2. The van der Waals surface area contributed by atoms with E-state index in [4.69, 9.17) is 9.47 Å². The lowest BCUT2D eigenvalue weighted by molar-refractivity contribution is -0.161. The minimum Gasteiger partial charge on any atom is -0.462 e. The van der Waals surface area contributed by atoms with Crippen molar-refractivity contribution in [2.45, 2.75) is 360 Å². The molecule has 468 valence electrons. The lowest BCUT2D eigenvalue weighted by Gasteiger charge is -2.15. The Kier molecular flexibility index (Phi) is 68.3. The van der Waals surface area contributed by atoms with Gasteiger partial charge in [0.15, 0.2) is 6.10 Å². The zero-order chi connectivity index (χ0) is 58.4. The van der Waals surface area contributed by atoms with Gasteiger partial charge in [-0.1, -0.05) is 361 Å². The van der Waals surface area contributed by atoms with E-state index in [9.17, 15) is 14.7 Å². The van der Waals surface area contributed by atoms with Gasteiger partial charge in [0, 0.05) is 12.8 Å². The van der Waals surface area contributed by atoms with Gasteiger partial charge in [-0.15, -0.1) is 0 Å². The van der Waals surface area contributed by atoms with Crippen molar-refractivity contribution in [3.05, 3.63) is 97.2 Å². The molecule has 0 aliphatic heterocycles. The Bertz CT molecular complexity index is 1510. The summed E-state index contributed by atoms with van der Waals surface area (Å²) in [6, 6.07) is 0. The topological polar surface area (TPSA) is 72.8 Å². The average Bonchev–Trinajstić information content (AvgIpc) is 3.47. The summed E-state index contributed by atoms with van der Waals surface area (Å²) in [5.41, 5.74) is 0. The number of hydrogen-bond donors (Lipinski definition) is 1. The number of aliphatic hydroxyl groups is 1. The Hall–Kier alpha value is -3.18. The fourth-order valence-electron chi connectivity index (χ4n) is 10.4. The number of carbonyl (C=O) groups excluding carboxylic acids is 2. The maximum absolute atomic E-state index is 12.4. The fourth-order valence-corrected chi connectivity index (χ4v) is 10.4. The fraction of sp³-hybridized carbons (Fsp3) is 0.763. The van der Waals surface area contributed by atoms with Crippen LogP contribution in [0.15, 0.2) is 97.2 Å². The smallest absolute Gasteiger partial charge is 0.306 e. The molecule has 0 aromatic rings. The summed E-state index contributed by atoms with van der Waals surface area (Å²) >= 11 is 0. The van der Waals surface area contributed by atoms with Crippen LogP contribution in [0.25, 0.3) is 0 Å². The third kappa shape index (κ3) is 69.2. The van der Waals surface area contributed by atoms with E-state index >= 15 is 0 Å². The summed E-state index contributed by atoms with van der Waals surface area (Å²) in [7, 11) is 0. The Morgan fingerprint density at radius 2 is 0.531 bits per heavy atom. The molecule has 1 atom stereocenters. The third-order valence-electron chi connectivity index (χ3n) is 15.6. The zero-order valence-corrected chi connectivity index (χ0v) is 53.8. The van der Waals surface area contributed by atoms with E-state index in [0.29, 0.717) is 12.8 Å². The Morgan fingerprint density at radius 1 is 0.296 bits per heavy atom. The number of carbonyl (C=O) groups is 2. The highest BCUT2D eigenvalue weighted by Crippen LogP contribution is 2.18. The molecule has 0 fully saturated rings. The molecule has 0 aromatic heterocycles. The summed E-state index contributed by atoms with van der Waals surface area (Å²) in [6.07, 6.45) is 102. The maximum Gasteiger partial charge on any atom is 0.306 e. The van der Waals surface area contributed by atoms with Gasteiger partial charge >= 0.3 is 11.9 Å². The molecule has 0 rings (SSSR count). The second kappa shape index (κ2) is 71.1. The second-order valence-corrected chi connectivity index (χ2v) is 23.6. The largest absolute Gasteiger partial charge is 0.462 e. The number of ether oxygens (including phenoxy) is 2. The van der Waals surface area contributed by atoms with Gasteiger partial charge in [-0.3, -0.25) is 9.59 Å². The first-order valence-electron chi connectivity index (χ1n) is 35.3. The lowest BCUT2D eigenvalue weighted by Crippen LogP contribution is -2.28. The van der Waals surface area contributed by atoms with Crippen LogP contribution >= 0.6 is 0 Å². The molecule has 81 heavy (non-hydrogen) atoms. The van der Waals surface area contributed by atoms with Crippen molar-refractivity contribution in [2.75, 3.05) is 13.2 Å². The normalized spacial score (nSPS) is 12.8. The van der Waals surface area contributed by atoms with Crippen LogP contribution in [0.3, 0.4) is 0 Å². The molecule has 0 bridgehead atoms. The van der Waals surface area contributed by atoms with E-state index in [2.05, 4.69) is 111 Å². The monoisotopic (exact) mass is 1130 g/mol. The van der Waals surface area contributed by atoms with Gasteiger partial charge in [-0.2, -0.15) is 0 Å². The van der Waals surface area contributed by atoms with E-state index in [1.54, 1.807) is 0 Å². The molecule has 0 saturated carbocycles. The predicted octanol–water partition coefficient (Wildman–Crippen LogP) is 24.6. The van der Waals surface area contributed by atoms with Gasteiger partial charge < -0.3 is 14.6 Å². The van der Waals surface area contributed by atoms with E-state index < -0.39 is 6.10 Å². The minimum absolute atomic E-state index is 0.0676. The molecule has 0 spiro atoms. The number of unbranched alkanes of at least 4 members (excludes halogenated alkanes) is 41. The van der Waals surface area contributed by atoms with Crippen molar-refractivity contribution in [1.29, 1.82) is 0 Å². The minimum atomic E-state index is -0.780. The van der Waals surface area contributed by atoms with Crippen LogP contribution in [0.1, 0.15) is 354 Å². The van der Waals surface area contributed by atoms with Gasteiger partial charge in [0.1, 0.15) is 6.61 Å². The van der Waals surface area contributed by atoms with Gasteiger partial charge in [-0.25, -0.2) is 0 Å². The van der Waals surface area contributed by atoms with E-state index in [-0.39, 0.29) is 25.2 Å². The summed E-state index contributed by atoms with van der Waals surface area (Å²) < 4.78 is 10.8. The first-order valence-corrected chi connectivity index (χ1v) is 35.3. The highest BCUT2D eigenvalue weighted by molar-refractivity contribution is 5.70. The molecule has 0 aliphatic rings.